The van der Waals surface area contributed by atoms with Gasteiger partial charge >= 0.3 is 0 Å². The smallest absolute Gasteiger partial charge is 0.0577 e. The van der Waals surface area contributed by atoms with E-state index in [1.165, 1.54) is 55.2 Å². The third-order valence-electron chi connectivity index (χ3n) is 11.1. The number of aliphatic hydroxyl groups excluding tert-OH is 1. The molecule has 1 N–H and O–H groups in total. The summed E-state index contributed by atoms with van der Waals surface area (Å²) >= 11 is 0. The highest BCUT2D eigenvalue weighted by Crippen LogP contribution is 2.67. The summed E-state index contributed by atoms with van der Waals surface area (Å²) in [6.45, 7) is 7.64. The summed E-state index contributed by atoms with van der Waals surface area (Å²) in [5.74, 6) is 3.08. The Kier molecular flexibility index (Phi) is 5.83. The molecule has 0 unspecified atom stereocenters. The second-order valence-corrected chi connectivity index (χ2v) is 12.6. The first-order valence-corrected chi connectivity index (χ1v) is 14.1. The number of fused-ring (bicyclic) bond motifs is 5. The molecule has 0 spiro atoms. The fourth-order valence-corrected chi connectivity index (χ4v) is 9.36. The van der Waals surface area contributed by atoms with Crippen molar-refractivity contribution in [2.45, 2.75) is 78.2 Å². The SMILES string of the molecule is CC(=C(c1ccccc1)c1ccccc1)[C@H]1CC[C@H]2[C@@H]3CC=C4C[C@H](O)CC[C@]4(C)[C@H]3CC[C@]12C. The maximum absolute atomic E-state index is 10.3. The Morgan fingerprint density at radius 3 is 2.11 bits per heavy atom. The average molecular weight is 467 g/mol. The van der Waals surface area contributed by atoms with Gasteiger partial charge in [-0.15, -0.1) is 0 Å². The van der Waals surface area contributed by atoms with Gasteiger partial charge in [0, 0.05) is 0 Å². The van der Waals surface area contributed by atoms with E-state index in [4.69, 9.17) is 0 Å². The summed E-state index contributed by atoms with van der Waals surface area (Å²) in [4.78, 5) is 0. The summed E-state index contributed by atoms with van der Waals surface area (Å²) in [6.07, 6.45) is 12.2. The topological polar surface area (TPSA) is 20.2 Å². The van der Waals surface area contributed by atoms with E-state index >= 15 is 0 Å². The highest BCUT2D eigenvalue weighted by molar-refractivity contribution is 5.82. The molecule has 184 valence electrons. The number of benzene rings is 2. The third kappa shape index (κ3) is 3.69. The van der Waals surface area contributed by atoms with Crippen molar-refractivity contribution in [1.82, 2.24) is 0 Å². The molecule has 0 amide bonds. The molecule has 0 heterocycles. The molecule has 0 bridgehead atoms. The molecule has 2 aromatic rings. The van der Waals surface area contributed by atoms with Crippen molar-refractivity contribution in [3.8, 4) is 0 Å². The lowest BCUT2D eigenvalue weighted by atomic mass is 9.47. The van der Waals surface area contributed by atoms with Crippen LogP contribution in [0.15, 0.2) is 77.9 Å². The third-order valence-corrected chi connectivity index (χ3v) is 11.1. The van der Waals surface area contributed by atoms with Crippen molar-refractivity contribution < 1.29 is 5.11 Å². The Morgan fingerprint density at radius 2 is 1.46 bits per heavy atom. The second kappa shape index (κ2) is 8.77. The number of rotatable bonds is 3. The van der Waals surface area contributed by atoms with Gasteiger partial charge in [0.2, 0.25) is 0 Å². The predicted molar refractivity (Wildman–Crippen MR) is 146 cm³/mol. The average Bonchev–Trinajstić information content (AvgIpc) is 3.23. The van der Waals surface area contributed by atoms with Gasteiger partial charge < -0.3 is 5.11 Å². The van der Waals surface area contributed by atoms with Crippen molar-refractivity contribution >= 4 is 5.57 Å². The molecule has 7 atom stereocenters. The van der Waals surface area contributed by atoms with Crippen LogP contribution < -0.4 is 0 Å². The molecule has 3 fully saturated rings. The summed E-state index contributed by atoms with van der Waals surface area (Å²) in [5.41, 5.74) is 8.07. The quantitative estimate of drug-likeness (QED) is 0.450. The van der Waals surface area contributed by atoms with Crippen molar-refractivity contribution in [3.63, 3.8) is 0 Å². The van der Waals surface area contributed by atoms with Crippen LogP contribution in [0.25, 0.3) is 5.57 Å². The van der Waals surface area contributed by atoms with Crippen LogP contribution in [0.3, 0.4) is 0 Å². The highest BCUT2D eigenvalue weighted by Gasteiger charge is 2.58. The molecule has 4 aliphatic carbocycles. The molecular weight excluding hydrogens is 424 g/mol. The van der Waals surface area contributed by atoms with E-state index in [1.54, 1.807) is 11.1 Å². The minimum Gasteiger partial charge on any atom is -0.393 e. The summed E-state index contributed by atoms with van der Waals surface area (Å²) < 4.78 is 0. The minimum atomic E-state index is -0.113. The second-order valence-electron chi connectivity index (χ2n) is 12.6. The largest absolute Gasteiger partial charge is 0.393 e. The van der Waals surface area contributed by atoms with Crippen molar-refractivity contribution in [2.24, 2.45) is 34.5 Å². The standard InChI is InChI=1S/C34H42O/c1-23(32(24-10-6-4-7-11-24)25-12-8-5-9-13-25)29-16-17-30-28-15-14-26-22-27(35)18-20-33(26,2)31(28)19-21-34(29,30)3/h4-14,27-31,35H,15-22H2,1-3H3/t27-,28+,29-,30+,31+,33+,34-/m1/s1. The molecule has 4 aliphatic rings. The van der Waals surface area contributed by atoms with Gasteiger partial charge in [0.1, 0.15) is 0 Å². The van der Waals surface area contributed by atoms with Gasteiger partial charge in [0.05, 0.1) is 6.10 Å². The van der Waals surface area contributed by atoms with Gasteiger partial charge in [-0.3, -0.25) is 0 Å². The zero-order valence-electron chi connectivity index (χ0n) is 21.8. The Labute approximate surface area is 212 Å². The number of aliphatic hydroxyl groups is 1. The fraction of sp³-hybridized carbons (Fsp3) is 0.529. The zero-order chi connectivity index (χ0) is 24.2. The molecule has 0 aliphatic heterocycles. The van der Waals surface area contributed by atoms with Crippen LogP contribution in [0, 0.1) is 34.5 Å². The van der Waals surface area contributed by atoms with Crippen molar-refractivity contribution in [1.29, 1.82) is 0 Å². The van der Waals surface area contributed by atoms with E-state index in [-0.39, 0.29) is 6.10 Å². The normalized spacial score (nSPS) is 38.1. The van der Waals surface area contributed by atoms with Crippen LogP contribution >= 0.6 is 0 Å². The molecule has 1 heteroatoms. The summed E-state index contributed by atoms with van der Waals surface area (Å²) in [7, 11) is 0. The molecule has 6 rings (SSSR count). The first kappa shape index (κ1) is 23.3. The lowest BCUT2D eigenvalue weighted by Gasteiger charge is -2.58. The first-order chi connectivity index (χ1) is 16.9. The number of allylic oxidation sites excluding steroid dienone is 2. The number of hydrogen-bond acceptors (Lipinski definition) is 1. The van der Waals surface area contributed by atoms with Crippen LogP contribution in [-0.4, -0.2) is 11.2 Å². The maximum Gasteiger partial charge on any atom is 0.0577 e. The lowest BCUT2D eigenvalue weighted by molar-refractivity contribution is -0.0453. The molecule has 0 radical (unpaired) electrons. The summed E-state index contributed by atoms with van der Waals surface area (Å²) in [5, 5.41) is 10.3. The van der Waals surface area contributed by atoms with Crippen molar-refractivity contribution in [3.05, 3.63) is 89.0 Å². The molecular formula is C34H42O. The minimum absolute atomic E-state index is 0.113. The summed E-state index contributed by atoms with van der Waals surface area (Å²) in [6, 6.07) is 22.2. The molecule has 0 saturated heterocycles. The number of hydrogen-bond donors (Lipinski definition) is 1. The van der Waals surface area contributed by atoms with Gasteiger partial charge in [-0.2, -0.15) is 0 Å². The van der Waals surface area contributed by atoms with E-state index in [1.807, 2.05) is 0 Å². The van der Waals surface area contributed by atoms with Crippen molar-refractivity contribution in [2.75, 3.05) is 0 Å². The van der Waals surface area contributed by atoms with E-state index in [0.717, 1.165) is 30.6 Å². The molecule has 1 nitrogen and oxygen atoms in total. The zero-order valence-corrected chi connectivity index (χ0v) is 21.8. The van der Waals surface area contributed by atoms with Gasteiger partial charge in [-0.1, -0.05) is 91.7 Å². The Bertz CT molecular complexity index is 1090. The van der Waals surface area contributed by atoms with Gasteiger partial charge in [-0.05, 0) is 109 Å². The maximum atomic E-state index is 10.3. The Morgan fingerprint density at radius 1 is 0.800 bits per heavy atom. The van der Waals surface area contributed by atoms with Crippen LogP contribution in [0.2, 0.25) is 0 Å². The van der Waals surface area contributed by atoms with Gasteiger partial charge in [0.25, 0.3) is 0 Å². The molecule has 2 aromatic carbocycles. The Balaban J connectivity index is 1.37. The highest BCUT2D eigenvalue weighted by atomic mass is 16.3. The molecule has 0 aromatic heterocycles. The van der Waals surface area contributed by atoms with Crippen LogP contribution in [0.5, 0.6) is 0 Å². The fourth-order valence-electron chi connectivity index (χ4n) is 9.36. The van der Waals surface area contributed by atoms with Crippen LogP contribution in [-0.2, 0) is 0 Å². The van der Waals surface area contributed by atoms with E-state index < -0.39 is 0 Å². The van der Waals surface area contributed by atoms with Crippen LogP contribution in [0.4, 0.5) is 0 Å². The molecule has 3 saturated carbocycles. The predicted octanol–water partition coefficient (Wildman–Crippen LogP) is 8.45. The first-order valence-electron chi connectivity index (χ1n) is 14.1. The Hall–Kier alpha value is -2.12. The van der Waals surface area contributed by atoms with E-state index in [9.17, 15) is 5.11 Å². The molecule has 35 heavy (non-hydrogen) atoms. The lowest BCUT2D eigenvalue weighted by Crippen LogP contribution is -2.50. The van der Waals surface area contributed by atoms with Crippen LogP contribution in [0.1, 0.15) is 83.3 Å². The van der Waals surface area contributed by atoms with E-state index in [0.29, 0.717) is 16.7 Å². The monoisotopic (exact) mass is 466 g/mol. The van der Waals surface area contributed by atoms with Gasteiger partial charge in [-0.25, -0.2) is 0 Å². The van der Waals surface area contributed by atoms with Gasteiger partial charge in [0.15, 0.2) is 0 Å². The van der Waals surface area contributed by atoms with E-state index in [2.05, 4.69) is 87.5 Å².